The number of halogens is 1. The highest BCUT2D eigenvalue weighted by molar-refractivity contribution is 14.1. The topological polar surface area (TPSA) is 9.23 Å². The van der Waals surface area contributed by atoms with E-state index in [4.69, 9.17) is 4.74 Å². The second-order valence-corrected chi connectivity index (χ2v) is 6.47. The molecule has 0 N–H and O–H groups in total. The Balaban J connectivity index is 1.80. The molecule has 0 aromatic carbocycles. The Morgan fingerprint density at radius 1 is 1.07 bits per heavy atom. The summed E-state index contributed by atoms with van der Waals surface area (Å²) in [6.07, 6.45) is 10.7. The van der Waals surface area contributed by atoms with E-state index in [1.54, 1.807) is 0 Å². The van der Waals surface area contributed by atoms with Crippen molar-refractivity contribution in [2.45, 2.75) is 68.0 Å². The van der Waals surface area contributed by atoms with Gasteiger partial charge in [-0.1, -0.05) is 41.9 Å². The molecule has 14 heavy (non-hydrogen) atoms. The predicted octanol–water partition coefficient (Wildman–Crippen LogP) is 3.94. The van der Waals surface area contributed by atoms with E-state index in [1.165, 1.54) is 44.9 Å². The van der Waals surface area contributed by atoms with E-state index in [0.717, 1.165) is 9.84 Å². The van der Waals surface area contributed by atoms with Crippen LogP contribution in [-0.4, -0.2) is 16.1 Å². The van der Waals surface area contributed by atoms with E-state index in [9.17, 15) is 0 Å². The molecular weight excluding hydrogens is 287 g/mol. The first-order chi connectivity index (χ1) is 6.77. The van der Waals surface area contributed by atoms with Gasteiger partial charge in [-0.05, 0) is 38.5 Å². The van der Waals surface area contributed by atoms with Gasteiger partial charge in [-0.15, -0.1) is 0 Å². The summed E-state index contributed by atoms with van der Waals surface area (Å²) in [5.74, 6) is 0.891. The van der Waals surface area contributed by atoms with Gasteiger partial charge in [0.15, 0.2) is 0 Å². The van der Waals surface area contributed by atoms with Crippen LogP contribution in [0.15, 0.2) is 0 Å². The molecule has 0 bridgehead atoms. The van der Waals surface area contributed by atoms with E-state index in [1.807, 2.05) is 0 Å². The zero-order valence-corrected chi connectivity index (χ0v) is 11.2. The van der Waals surface area contributed by atoms with Crippen LogP contribution in [0, 0.1) is 5.92 Å². The van der Waals surface area contributed by atoms with Crippen molar-refractivity contribution in [1.29, 1.82) is 0 Å². The number of ether oxygens (including phenoxy) is 1. The van der Waals surface area contributed by atoms with Crippen LogP contribution in [0.5, 0.6) is 0 Å². The minimum absolute atomic E-state index is 0.523. The van der Waals surface area contributed by atoms with E-state index in [2.05, 4.69) is 29.5 Å². The molecule has 2 heteroatoms. The van der Waals surface area contributed by atoms with Gasteiger partial charge in [-0.25, -0.2) is 0 Å². The monoisotopic (exact) mass is 308 g/mol. The molecule has 0 radical (unpaired) electrons. The van der Waals surface area contributed by atoms with Gasteiger partial charge in [0, 0.05) is 3.92 Å². The van der Waals surface area contributed by atoms with Crippen LogP contribution in [-0.2, 0) is 4.74 Å². The maximum atomic E-state index is 6.20. The van der Waals surface area contributed by atoms with Gasteiger partial charge in [0.05, 0.1) is 12.2 Å². The minimum atomic E-state index is 0.523. The Hall–Kier alpha value is 0.690. The molecule has 2 rings (SSSR count). The normalized spacial score (nSPS) is 36.4. The van der Waals surface area contributed by atoms with Crippen molar-refractivity contribution in [3.05, 3.63) is 0 Å². The highest BCUT2D eigenvalue weighted by Crippen LogP contribution is 2.36. The number of hydrogen-bond acceptors (Lipinski definition) is 1. The average molecular weight is 308 g/mol. The second-order valence-electron chi connectivity index (χ2n) is 4.87. The van der Waals surface area contributed by atoms with Crippen LogP contribution in [0.4, 0.5) is 0 Å². The first-order valence-corrected chi connectivity index (χ1v) is 7.31. The number of hydrogen-bond donors (Lipinski definition) is 0. The smallest absolute Gasteiger partial charge is 0.0696 e. The molecule has 0 amide bonds. The molecule has 3 atom stereocenters. The Morgan fingerprint density at radius 3 is 2.50 bits per heavy atom. The molecule has 82 valence electrons. The van der Waals surface area contributed by atoms with E-state index < -0.39 is 0 Å². The average Bonchev–Trinajstić information content (AvgIpc) is 2.95. The van der Waals surface area contributed by atoms with Crippen molar-refractivity contribution >= 4 is 22.6 Å². The fourth-order valence-corrected chi connectivity index (χ4v) is 3.30. The maximum Gasteiger partial charge on any atom is 0.0696 e. The van der Waals surface area contributed by atoms with Crippen molar-refractivity contribution in [3.8, 4) is 0 Å². The molecule has 0 aromatic rings. The molecule has 0 aliphatic heterocycles. The van der Waals surface area contributed by atoms with Crippen molar-refractivity contribution in [3.63, 3.8) is 0 Å². The summed E-state index contributed by atoms with van der Waals surface area (Å²) in [7, 11) is 0. The molecule has 2 aliphatic carbocycles. The van der Waals surface area contributed by atoms with Crippen LogP contribution in [0.2, 0.25) is 0 Å². The van der Waals surface area contributed by atoms with Gasteiger partial charge >= 0.3 is 0 Å². The first-order valence-electron chi connectivity index (χ1n) is 6.07. The lowest BCUT2D eigenvalue weighted by atomic mass is 10.1. The zero-order chi connectivity index (χ0) is 9.97. The number of alkyl halides is 1. The summed E-state index contributed by atoms with van der Waals surface area (Å²) in [6, 6.07) is 0. The molecule has 2 aliphatic rings. The summed E-state index contributed by atoms with van der Waals surface area (Å²) < 4.78 is 6.96. The Labute approximate surface area is 101 Å². The van der Waals surface area contributed by atoms with E-state index in [-0.39, 0.29) is 0 Å². The van der Waals surface area contributed by atoms with Crippen molar-refractivity contribution in [1.82, 2.24) is 0 Å². The molecule has 2 fully saturated rings. The molecule has 0 spiro atoms. The lowest BCUT2D eigenvalue weighted by Gasteiger charge is -2.24. The first kappa shape index (κ1) is 11.2. The molecule has 2 saturated carbocycles. The standard InChI is InChI=1S/C12H21IO/c1-9(10-7-8-10)14-12-6-4-2-3-5-11(12)13/h9-12H,2-8H2,1H3. The number of rotatable bonds is 3. The summed E-state index contributed by atoms with van der Waals surface area (Å²) in [4.78, 5) is 0. The second kappa shape index (κ2) is 5.15. The Kier molecular flexibility index (Phi) is 4.11. The third-order valence-electron chi connectivity index (χ3n) is 3.55. The summed E-state index contributed by atoms with van der Waals surface area (Å²) in [5.41, 5.74) is 0. The van der Waals surface area contributed by atoms with Gasteiger partial charge in [-0.3, -0.25) is 0 Å². The molecule has 0 saturated heterocycles. The summed E-state index contributed by atoms with van der Waals surface area (Å²) in [6.45, 7) is 2.27. The van der Waals surface area contributed by atoms with Gasteiger partial charge in [-0.2, -0.15) is 0 Å². The lowest BCUT2D eigenvalue weighted by molar-refractivity contribution is -0.0149. The lowest BCUT2D eigenvalue weighted by Crippen LogP contribution is -2.28. The summed E-state index contributed by atoms with van der Waals surface area (Å²) >= 11 is 2.60. The third-order valence-corrected chi connectivity index (χ3v) is 4.97. The molecule has 1 nitrogen and oxygen atoms in total. The minimum Gasteiger partial charge on any atom is -0.374 e. The zero-order valence-electron chi connectivity index (χ0n) is 9.05. The van der Waals surface area contributed by atoms with Crippen molar-refractivity contribution < 1.29 is 4.74 Å². The van der Waals surface area contributed by atoms with Gasteiger partial charge in [0.25, 0.3) is 0 Å². The maximum absolute atomic E-state index is 6.20. The van der Waals surface area contributed by atoms with Crippen molar-refractivity contribution in [2.24, 2.45) is 5.92 Å². The van der Waals surface area contributed by atoms with E-state index >= 15 is 0 Å². The predicted molar refractivity (Wildman–Crippen MR) is 68.0 cm³/mol. The molecule has 3 unspecified atom stereocenters. The van der Waals surface area contributed by atoms with Crippen LogP contribution in [0.25, 0.3) is 0 Å². The molecule has 0 heterocycles. The summed E-state index contributed by atoms with van der Waals surface area (Å²) in [5, 5.41) is 0. The van der Waals surface area contributed by atoms with Gasteiger partial charge < -0.3 is 4.74 Å². The largest absolute Gasteiger partial charge is 0.374 e. The van der Waals surface area contributed by atoms with Crippen LogP contribution in [0.1, 0.15) is 51.9 Å². The van der Waals surface area contributed by atoms with Crippen LogP contribution < -0.4 is 0 Å². The van der Waals surface area contributed by atoms with E-state index in [0.29, 0.717) is 12.2 Å². The Bertz CT molecular complexity index is 179. The van der Waals surface area contributed by atoms with Crippen LogP contribution in [0.3, 0.4) is 0 Å². The highest BCUT2D eigenvalue weighted by atomic mass is 127. The quantitative estimate of drug-likeness (QED) is 0.436. The highest BCUT2D eigenvalue weighted by Gasteiger charge is 2.32. The van der Waals surface area contributed by atoms with Gasteiger partial charge in [0.2, 0.25) is 0 Å². The SMILES string of the molecule is CC(OC1CCCCCC1I)C1CC1. The Morgan fingerprint density at radius 2 is 1.79 bits per heavy atom. The fourth-order valence-electron chi connectivity index (χ4n) is 2.33. The molecule has 0 aromatic heterocycles. The molecular formula is C12H21IO. The van der Waals surface area contributed by atoms with Gasteiger partial charge in [0.1, 0.15) is 0 Å². The third kappa shape index (κ3) is 3.09. The van der Waals surface area contributed by atoms with Crippen LogP contribution >= 0.6 is 22.6 Å². The van der Waals surface area contributed by atoms with Crippen molar-refractivity contribution in [2.75, 3.05) is 0 Å². The fraction of sp³-hybridized carbons (Fsp3) is 1.00.